The van der Waals surface area contributed by atoms with Gasteiger partial charge in [0, 0.05) is 14.8 Å². The van der Waals surface area contributed by atoms with Gasteiger partial charge in [0.2, 0.25) is 5.91 Å². The topological polar surface area (TPSA) is 70.2 Å². The molecule has 19 heavy (non-hydrogen) atoms. The van der Waals surface area contributed by atoms with Crippen LogP contribution in [0.4, 0.5) is 10.5 Å². The van der Waals surface area contributed by atoms with Crippen LogP contribution >= 0.6 is 22.6 Å². The van der Waals surface area contributed by atoms with E-state index in [1.54, 1.807) is 0 Å². The zero-order chi connectivity index (χ0) is 14.5. The molecule has 0 saturated heterocycles. The average molecular weight is 375 g/mol. The lowest BCUT2D eigenvalue weighted by Gasteiger charge is -2.20. The number of rotatable bonds is 3. The lowest BCUT2D eigenvalue weighted by molar-refractivity contribution is -0.118. The molecule has 3 amide bonds. The maximum atomic E-state index is 11.6. The van der Waals surface area contributed by atoms with E-state index >= 15 is 0 Å². The van der Waals surface area contributed by atoms with E-state index in [0.717, 1.165) is 9.26 Å². The van der Waals surface area contributed by atoms with E-state index in [0.29, 0.717) is 0 Å². The van der Waals surface area contributed by atoms with Crippen LogP contribution in [0.2, 0.25) is 0 Å². The largest absolute Gasteiger partial charge is 0.375 e. The average Bonchev–Trinajstić information content (AvgIpc) is 2.25. The van der Waals surface area contributed by atoms with E-state index in [4.69, 9.17) is 0 Å². The summed E-state index contributed by atoms with van der Waals surface area (Å²) in [6, 6.07) is 7.14. The molecule has 0 atom stereocenters. The normalized spacial score (nSPS) is 10.7. The van der Waals surface area contributed by atoms with Crippen molar-refractivity contribution in [3.05, 3.63) is 27.8 Å². The number of carbonyl (C=O) groups is 2. The Morgan fingerprint density at radius 2 is 1.84 bits per heavy atom. The zero-order valence-electron chi connectivity index (χ0n) is 11.2. The van der Waals surface area contributed by atoms with Crippen LogP contribution in [0.5, 0.6) is 0 Å². The summed E-state index contributed by atoms with van der Waals surface area (Å²) in [5.74, 6) is -0.374. The first kappa shape index (κ1) is 15.7. The van der Waals surface area contributed by atoms with Crippen molar-refractivity contribution in [2.75, 3.05) is 11.9 Å². The van der Waals surface area contributed by atoms with Gasteiger partial charge in [0.05, 0.1) is 6.54 Å². The van der Waals surface area contributed by atoms with Gasteiger partial charge in [-0.2, -0.15) is 0 Å². The van der Waals surface area contributed by atoms with Crippen molar-refractivity contribution in [2.24, 2.45) is 0 Å². The van der Waals surface area contributed by atoms with Gasteiger partial charge < -0.3 is 10.6 Å². The number of urea groups is 1. The van der Waals surface area contributed by atoms with Crippen LogP contribution in [0.1, 0.15) is 20.8 Å². The van der Waals surface area contributed by atoms with Gasteiger partial charge in [-0.05, 0) is 55.5 Å². The number of imide groups is 1. The number of hydrogen-bond donors (Lipinski definition) is 3. The van der Waals surface area contributed by atoms with E-state index in [2.05, 4.69) is 38.5 Å². The van der Waals surface area contributed by atoms with E-state index in [1.807, 2.05) is 45.0 Å². The number of nitrogens with one attached hydrogen (secondary N) is 3. The highest BCUT2D eigenvalue weighted by atomic mass is 127. The van der Waals surface area contributed by atoms with Crippen molar-refractivity contribution in [3.8, 4) is 0 Å². The third kappa shape index (κ3) is 6.42. The Balaban J connectivity index is 2.40. The van der Waals surface area contributed by atoms with Crippen LogP contribution in [0.3, 0.4) is 0 Å². The van der Waals surface area contributed by atoms with E-state index < -0.39 is 6.03 Å². The minimum Gasteiger partial charge on any atom is -0.375 e. The molecule has 1 aromatic carbocycles. The molecule has 0 bridgehead atoms. The van der Waals surface area contributed by atoms with Crippen molar-refractivity contribution in [2.45, 2.75) is 26.3 Å². The first-order chi connectivity index (χ1) is 8.78. The molecular weight excluding hydrogens is 357 g/mol. The molecule has 0 fully saturated rings. The third-order valence-electron chi connectivity index (χ3n) is 2.05. The van der Waals surface area contributed by atoms with Gasteiger partial charge in [0.25, 0.3) is 0 Å². The SMILES string of the molecule is CC(C)(C)NC(=O)NC(=O)CNc1ccccc1I. The molecule has 0 heterocycles. The fourth-order valence-electron chi connectivity index (χ4n) is 1.32. The highest BCUT2D eigenvalue weighted by molar-refractivity contribution is 14.1. The van der Waals surface area contributed by atoms with Gasteiger partial charge in [-0.15, -0.1) is 0 Å². The van der Waals surface area contributed by atoms with Crippen LogP contribution in [0, 0.1) is 3.57 Å². The fourth-order valence-corrected chi connectivity index (χ4v) is 1.90. The minimum absolute atomic E-state index is 0.0532. The number of anilines is 1. The summed E-state index contributed by atoms with van der Waals surface area (Å²) in [4.78, 5) is 23.1. The van der Waals surface area contributed by atoms with Crippen molar-refractivity contribution in [3.63, 3.8) is 0 Å². The molecule has 0 aromatic heterocycles. The van der Waals surface area contributed by atoms with Crippen LogP contribution in [-0.2, 0) is 4.79 Å². The molecule has 0 aliphatic rings. The second kappa shape index (κ2) is 6.74. The number of amides is 3. The lowest BCUT2D eigenvalue weighted by Crippen LogP contribution is -2.49. The predicted octanol–water partition coefficient (Wildman–Crippen LogP) is 2.33. The number of benzene rings is 1. The first-order valence-corrected chi connectivity index (χ1v) is 6.96. The van der Waals surface area contributed by atoms with Gasteiger partial charge in [-0.1, -0.05) is 12.1 Å². The third-order valence-corrected chi connectivity index (χ3v) is 3.00. The smallest absolute Gasteiger partial charge is 0.321 e. The van der Waals surface area contributed by atoms with Crippen molar-refractivity contribution < 1.29 is 9.59 Å². The highest BCUT2D eigenvalue weighted by Gasteiger charge is 2.15. The van der Waals surface area contributed by atoms with Gasteiger partial charge in [-0.25, -0.2) is 4.79 Å². The van der Waals surface area contributed by atoms with E-state index in [-0.39, 0.29) is 18.0 Å². The molecule has 104 valence electrons. The van der Waals surface area contributed by atoms with Crippen LogP contribution in [0.25, 0.3) is 0 Å². The Labute approximate surface area is 126 Å². The molecule has 3 N–H and O–H groups in total. The fraction of sp³-hybridized carbons (Fsp3) is 0.385. The van der Waals surface area contributed by atoms with Crippen molar-refractivity contribution >= 4 is 40.2 Å². The van der Waals surface area contributed by atoms with E-state index in [1.165, 1.54) is 0 Å². The van der Waals surface area contributed by atoms with Crippen LogP contribution < -0.4 is 16.0 Å². The molecule has 0 saturated carbocycles. The van der Waals surface area contributed by atoms with Crippen molar-refractivity contribution in [1.82, 2.24) is 10.6 Å². The van der Waals surface area contributed by atoms with Gasteiger partial charge >= 0.3 is 6.03 Å². The van der Waals surface area contributed by atoms with Gasteiger partial charge in [0.1, 0.15) is 0 Å². The highest BCUT2D eigenvalue weighted by Crippen LogP contribution is 2.16. The zero-order valence-corrected chi connectivity index (χ0v) is 13.4. The quantitative estimate of drug-likeness (QED) is 0.711. The summed E-state index contributed by atoms with van der Waals surface area (Å²) >= 11 is 2.18. The monoisotopic (exact) mass is 375 g/mol. The first-order valence-electron chi connectivity index (χ1n) is 5.88. The molecule has 0 aliphatic heterocycles. The van der Waals surface area contributed by atoms with Gasteiger partial charge in [0.15, 0.2) is 0 Å². The summed E-state index contributed by atoms with van der Waals surface area (Å²) in [6.45, 7) is 5.60. The maximum Gasteiger partial charge on any atom is 0.321 e. The summed E-state index contributed by atoms with van der Waals surface area (Å²) in [6.07, 6.45) is 0. The standard InChI is InChI=1S/C13H18IN3O2/c1-13(2,3)17-12(19)16-11(18)8-15-10-7-5-4-6-9(10)14/h4-7,15H,8H2,1-3H3,(H2,16,17,18,19). The number of hydrogen-bond acceptors (Lipinski definition) is 3. The number of carbonyl (C=O) groups excluding carboxylic acids is 2. The predicted molar refractivity (Wildman–Crippen MR) is 84.1 cm³/mol. The second-order valence-corrected chi connectivity index (χ2v) is 6.25. The second-order valence-electron chi connectivity index (χ2n) is 5.09. The number of halogens is 1. The molecule has 0 aliphatic carbocycles. The Kier molecular flexibility index (Phi) is 5.59. The van der Waals surface area contributed by atoms with E-state index in [9.17, 15) is 9.59 Å². The van der Waals surface area contributed by atoms with Crippen LogP contribution in [0.15, 0.2) is 24.3 Å². The molecule has 1 aromatic rings. The summed E-state index contributed by atoms with van der Waals surface area (Å²) in [5.41, 5.74) is 0.501. The van der Waals surface area contributed by atoms with Crippen molar-refractivity contribution in [1.29, 1.82) is 0 Å². The molecule has 0 spiro atoms. The summed E-state index contributed by atoms with van der Waals surface area (Å²) < 4.78 is 1.02. The Bertz CT molecular complexity index is 469. The van der Waals surface area contributed by atoms with Gasteiger partial charge in [-0.3, -0.25) is 10.1 Å². The Morgan fingerprint density at radius 1 is 1.21 bits per heavy atom. The van der Waals surface area contributed by atoms with Crippen LogP contribution in [-0.4, -0.2) is 24.0 Å². The Hall–Kier alpha value is -1.31. The summed E-state index contributed by atoms with van der Waals surface area (Å²) in [7, 11) is 0. The maximum absolute atomic E-state index is 11.6. The molecule has 6 heteroatoms. The summed E-state index contributed by atoms with van der Waals surface area (Å²) in [5, 5.41) is 7.91. The lowest BCUT2D eigenvalue weighted by atomic mass is 10.1. The molecule has 0 unspecified atom stereocenters. The molecular formula is C13H18IN3O2. The minimum atomic E-state index is -0.484. The Morgan fingerprint density at radius 3 is 2.42 bits per heavy atom. The number of para-hydroxylation sites is 1. The molecule has 5 nitrogen and oxygen atoms in total. The molecule has 1 rings (SSSR count). The molecule has 0 radical (unpaired) electrons.